The van der Waals surface area contributed by atoms with Crippen molar-refractivity contribution < 1.29 is 27.5 Å². The lowest BCUT2D eigenvalue weighted by Crippen LogP contribution is -2.12. The molecule has 0 radical (unpaired) electrons. The molecule has 2 aromatic carbocycles. The molecule has 2 rings (SSSR count). The van der Waals surface area contributed by atoms with Crippen LogP contribution in [0.25, 0.3) is 0 Å². The summed E-state index contributed by atoms with van der Waals surface area (Å²) in [4.78, 5) is 22.7. The van der Waals surface area contributed by atoms with Gasteiger partial charge in [0.05, 0.1) is 11.1 Å². The lowest BCUT2D eigenvalue weighted by Gasteiger charge is -2.09. The molecular formula is C15H10F3NO3. The van der Waals surface area contributed by atoms with Gasteiger partial charge in [-0.15, -0.1) is 0 Å². The average Bonchev–Trinajstić information content (AvgIpc) is 2.47. The first kappa shape index (κ1) is 15.6. The summed E-state index contributed by atoms with van der Waals surface area (Å²) >= 11 is 0. The Morgan fingerprint density at radius 3 is 2.14 bits per heavy atom. The smallest absolute Gasteiger partial charge is 0.416 e. The van der Waals surface area contributed by atoms with E-state index in [1.807, 2.05) is 0 Å². The summed E-state index contributed by atoms with van der Waals surface area (Å²) in [6.45, 7) is 0. The number of carbonyl (C=O) groups is 2. The summed E-state index contributed by atoms with van der Waals surface area (Å²) in [6.07, 6.45) is -4.54. The van der Waals surface area contributed by atoms with E-state index in [1.165, 1.54) is 30.3 Å². The maximum Gasteiger partial charge on any atom is 0.416 e. The van der Waals surface area contributed by atoms with Gasteiger partial charge in [-0.1, -0.05) is 6.07 Å². The molecule has 0 spiro atoms. The second kappa shape index (κ2) is 5.88. The van der Waals surface area contributed by atoms with E-state index < -0.39 is 23.6 Å². The molecule has 4 nitrogen and oxygen atoms in total. The van der Waals surface area contributed by atoms with Crippen molar-refractivity contribution in [3.05, 3.63) is 65.2 Å². The van der Waals surface area contributed by atoms with Gasteiger partial charge in [-0.25, -0.2) is 4.79 Å². The fraction of sp³-hybridized carbons (Fsp3) is 0.0667. The number of benzene rings is 2. The minimum Gasteiger partial charge on any atom is -0.423 e. The maximum atomic E-state index is 12.6. The zero-order valence-corrected chi connectivity index (χ0v) is 11.1. The number of hydrogen-bond acceptors (Lipinski definition) is 3. The molecule has 0 saturated heterocycles. The lowest BCUT2D eigenvalue weighted by molar-refractivity contribution is -0.137. The standard InChI is InChI=1S/C15H10F3NO3/c16-15(17,18)11-3-1-2-10(8-11)14(21)22-12-6-4-9(5-7-12)13(19)20/h1-8H,(H2,19,20). The number of alkyl halides is 3. The van der Waals surface area contributed by atoms with Crippen LogP contribution >= 0.6 is 0 Å². The molecule has 7 heteroatoms. The van der Waals surface area contributed by atoms with Gasteiger partial charge in [-0.2, -0.15) is 13.2 Å². The first-order valence-electron chi connectivity index (χ1n) is 6.06. The molecule has 0 fully saturated rings. The Morgan fingerprint density at radius 2 is 1.59 bits per heavy atom. The van der Waals surface area contributed by atoms with Crippen LogP contribution in [0.4, 0.5) is 13.2 Å². The van der Waals surface area contributed by atoms with Crippen LogP contribution in [0.15, 0.2) is 48.5 Å². The Labute approximate surface area is 123 Å². The van der Waals surface area contributed by atoms with Crippen molar-refractivity contribution in [3.8, 4) is 5.75 Å². The molecule has 0 aromatic heterocycles. The summed E-state index contributed by atoms with van der Waals surface area (Å²) in [6, 6.07) is 9.24. The van der Waals surface area contributed by atoms with E-state index in [1.54, 1.807) is 0 Å². The number of hydrogen-bond donors (Lipinski definition) is 1. The third-order valence-corrected chi connectivity index (χ3v) is 2.77. The molecule has 2 N–H and O–H groups in total. The van der Waals surface area contributed by atoms with Crippen molar-refractivity contribution in [1.29, 1.82) is 0 Å². The molecule has 2 aromatic rings. The highest BCUT2D eigenvalue weighted by molar-refractivity contribution is 5.93. The predicted molar refractivity (Wildman–Crippen MR) is 71.4 cm³/mol. The van der Waals surface area contributed by atoms with Crippen molar-refractivity contribution in [2.24, 2.45) is 5.73 Å². The van der Waals surface area contributed by atoms with Gasteiger partial charge in [0.15, 0.2) is 0 Å². The van der Waals surface area contributed by atoms with Gasteiger partial charge in [-0.05, 0) is 42.5 Å². The predicted octanol–water partition coefficient (Wildman–Crippen LogP) is 3.02. The number of carbonyl (C=O) groups excluding carboxylic acids is 2. The summed E-state index contributed by atoms with van der Waals surface area (Å²) in [7, 11) is 0. The Kier molecular flexibility index (Phi) is 4.16. The fourth-order valence-corrected chi connectivity index (χ4v) is 1.68. The molecule has 0 atom stereocenters. The molecule has 22 heavy (non-hydrogen) atoms. The van der Waals surface area contributed by atoms with E-state index in [0.717, 1.165) is 12.1 Å². The topological polar surface area (TPSA) is 69.4 Å². The van der Waals surface area contributed by atoms with E-state index in [-0.39, 0.29) is 16.9 Å². The van der Waals surface area contributed by atoms with Crippen LogP contribution in [-0.4, -0.2) is 11.9 Å². The molecule has 0 unspecified atom stereocenters. The van der Waals surface area contributed by atoms with Gasteiger partial charge in [0.1, 0.15) is 5.75 Å². The van der Waals surface area contributed by atoms with Gasteiger partial charge < -0.3 is 10.5 Å². The average molecular weight is 309 g/mol. The molecule has 0 saturated carbocycles. The highest BCUT2D eigenvalue weighted by atomic mass is 19.4. The van der Waals surface area contributed by atoms with Crippen LogP contribution in [0.5, 0.6) is 5.75 Å². The van der Waals surface area contributed by atoms with Crippen LogP contribution in [0, 0.1) is 0 Å². The van der Waals surface area contributed by atoms with Crippen LogP contribution < -0.4 is 10.5 Å². The van der Waals surface area contributed by atoms with E-state index in [2.05, 4.69) is 0 Å². The molecule has 0 bridgehead atoms. The van der Waals surface area contributed by atoms with E-state index >= 15 is 0 Å². The van der Waals surface area contributed by atoms with Crippen molar-refractivity contribution in [3.63, 3.8) is 0 Å². The number of esters is 1. The van der Waals surface area contributed by atoms with Crippen molar-refractivity contribution in [2.45, 2.75) is 6.18 Å². The van der Waals surface area contributed by atoms with Gasteiger partial charge in [-0.3, -0.25) is 4.79 Å². The van der Waals surface area contributed by atoms with E-state index in [4.69, 9.17) is 10.5 Å². The Hall–Kier alpha value is -2.83. The number of rotatable bonds is 3. The lowest BCUT2D eigenvalue weighted by atomic mass is 10.1. The SMILES string of the molecule is NC(=O)c1ccc(OC(=O)c2cccc(C(F)(F)F)c2)cc1. The van der Waals surface area contributed by atoms with Gasteiger partial charge in [0, 0.05) is 5.56 Å². The second-order valence-electron chi connectivity index (χ2n) is 4.36. The highest BCUT2D eigenvalue weighted by Crippen LogP contribution is 2.29. The molecule has 114 valence electrons. The third kappa shape index (κ3) is 3.63. The fourth-order valence-electron chi connectivity index (χ4n) is 1.68. The van der Waals surface area contributed by atoms with Crippen molar-refractivity contribution in [2.75, 3.05) is 0 Å². The first-order valence-corrected chi connectivity index (χ1v) is 6.06. The summed E-state index contributed by atoms with van der Waals surface area (Å²) < 4.78 is 42.7. The maximum absolute atomic E-state index is 12.6. The Bertz CT molecular complexity index is 709. The number of amides is 1. The number of halogens is 3. The van der Waals surface area contributed by atoms with Crippen LogP contribution in [0.3, 0.4) is 0 Å². The third-order valence-electron chi connectivity index (χ3n) is 2.77. The number of nitrogens with two attached hydrogens (primary N) is 1. The quantitative estimate of drug-likeness (QED) is 0.700. The van der Waals surface area contributed by atoms with Crippen LogP contribution in [0.2, 0.25) is 0 Å². The Balaban J connectivity index is 2.17. The summed E-state index contributed by atoms with van der Waals surface area (Å²) in [5.74, 6) is -1.49. The Morgan fingerprint density at radius 1 is 0.955 bits per heavy atom. The second-order valence-corrected chi connectivity index (χ2v) is 4.36. The summed E-state index contributed by atoms with van der Waals surface area (Å²) in [5, 5.41) is 0. The summed E-state index contributed by atoms with van der Waals surface area (Å²) in [5.41, 5.74) is 4.11. The van der Waals surface area contributed by atoms with Crippen LogP contribution in [-0.2, 0) is 6.18 Å². The minimum absolute atomic E-state index is 0.0902. The molecule has 0 aliphatic carbocycles. The van der Waals surface area contributed by atoms with Gasteiger partial charge >= 0.3 is 12.1 Å². The minimum atomic E-state index is -4.54. The zero-order valence-electron chi connectivity index (χ0n) is 11.1. The van der Waals surface area contributed by atoms with Crippen molar-refractivity contribution >= 4 is 11.9 Å². The molecule has 1 amide bonds. The monoisotopic (exact) mass is 309 g/mol. The largest absolute Gasteiger partial charge is 0.423 e. The van der Waals surface area contributed by atoms with Crippen LogP contribution in [0.1, 0.15) is 26.3 Å². The van der Waals surface area contributed by atoms with E-state index in [0.29, 0.717) is 6.07 Å². The molecule has 0 aliphatic heterocycles. The zero-order chi connectivity index (χ0) is 16.3. The molecular weight excluding hydrogens is 299 g/mol. The van der Waals surface area contributed by atoms with Gasteiger partial charge in [0.2, 0.25) is 5.91 Å². The number of primary amides is 1. The van der Waals surface area contributed by atoms with Gasteiger partial charge in [0.25, 0.3) is 0 Å². The molecule has 0 aliphatic rings. The van der Waals surface area contributed by atoms with E-state index in [9.17, 15) is 22.8 Å². The van der Waals surface area contributed by atoms with Crippen molar-refractivity contribution in [1.82, 2.24) is 0 Å². The number of ether oxygens (including phenoxy) is 1. The first-order chi connectivity index (χ1) is 10.3. The highest BCUT2D eigenvalue weighted by Gasteiger charge is 2.31. The normalized spacial score (nSPS) is 11.0. The molecule has 0 heterocycles.